The average Bonchev–Trinajstić information content (AvgIpc) is 3.31. The average molecular weight is 961 g/mol. The van der Waals surface area contributed by atoms with Crippen LogP contribution >= 0.6 is 7.82 Å². The van der Waals surface area contributed by atoms with Crippen LogP contribution in [0.5, 0.6) is 0 Å². The quantitative estimate of drug-likeness (QED) is 0.0147. The standard InChI is InChI=1S/C53H85O13P/c1-3-5-7-9-11-13-15-17-19-21-22-23-24-26-27-29-31-33-35-37-39-41-46(54)63-43-45(44-64-67(61,62)66-53-51(59)49(57)48(56)50(58)52(53)60)65-47(55)42-40-38-36-34-32-30-28-25-20-18-16-14-12-10-8-6-4-2/h6,8,12,14,18-21,23-24,27-30,33-36,45,48-53,56-60H,3-5,7,9-11,13,15-17,22,25-26,31-32,37-44H2,1-2H3,(H,61,62)/b8-6+,14-12+,20-18+,21-19+,24-23+,29-27+,30-28+,35-33+,36-34+/t45-,48?,49-,50?,51?,52?,53?/m0/s1. The van der Waals surface area contributed by atoms with Crippen molar-refractivity contribution in [3.63, 3.8) is 0 Å². The van der Waals surface area contributed by atoms with E-state index in [1.807, 2.05) is 24.3 Å². The molecule has 6 N–H and O–H groups in total. The zero-order valence-electron chi connectivity index (χ0n) is 40.4. The number of aliphatic hydroxyl groups is 5. The van der Waals surface area contributed by atoms with Crippen LogP contribution in [0, 0.1) is 0 Å². The van der Waals surface area contributed by atoms with Crippen LogP contribution in [-0.2, 0) is 32.7 Å². The summed E-state index contributed by atoms with van der Waals surface area (Å²) >= 11 is 0. The van der Waals surface area contributed by atoms with E-state index in [0.717, 1.165) is 57.8 Å². The third-order valence-electron chi connectivity index (χ3n) is 10.6. The molecule has 1 saturated carbocycles. The molecule has 0 aromatic rings. The van der Waals surface area contributed by atoms with E-state index in [9.17, 15) is 44.6 Å². The molecule has 67 heavy (non-hydrogen) atoms. The van der Waals surface area contributed by atoms with Gasteiger partial charge in [0.2, 0.25) is 0 Å². The molecule has 14 heteroatoms. The highest BCUT2D eigenvalue weighted by Gasteiger charge is 2.51. The topological polar surface area (TPSA) is 210 Å². The smallest absolute Gasteiger partial charge is 0.462 e. The monoisotopic (exact) mass is 961 g/mol. The number of esters is 2. The lowest BCUT2D eigenvalue weighted by atomic mass is 9.85. The molecule has 0 radical (unpaired) electrons. The number of aliphatic hydroxyl groups excluding tert-OH is 5. The number of carbonyl (C=O) groups excluding carboxylic acids is 2. The van der Waals surface area contributed by atoms with E-state index in [4.69, 9.17) is 18.5 Å². The molecule has 0 aromatic heterocycles. The predicted molar refractivity (Wildman–Crippen MR) is 267 cm³/mol. The number of carbonyl (C=O) groups is 2. The van der Waals surface area contributed by atoms with Crippen LogP contribution in [0.15, 0.2) is 109 Å². The fourth-order valence-corrected chi connectivity index (χ4v) is 7.64. The van der Waals surface area contributed by atoms with Gasteiger partial charge in [-0.05, 0) is 89.9 Å². The Hall–Kier alpha value is -3.49. The van der Waals surface area contributed by atoms with E-state index >= 15 is 0 Å². The zero-order valence-corrected chi connectivity index (χ0v) is 41.3. The van der Waals surface area contributed by atoms with Gasteiger partial charge in [-0.15, -0.1) is 0 Å². The second-order valence-corrected chi connectivity index (χ2v) is 18.0. The lowest BCUT2D eigenvalue weighted by Crippen LogP contribution is -2.64. The van der Waals surface area contributed by atoms with E-state index in [0.29, 0.717) is 25.7 Å². The Morgan fingerprint density at radius 3 is 1.30 bits per heavy atom. The molecule has 6 unspecified atom stereocenters. The summed E-state index contributed by atoms with van der Waals surface area (Å²) in [5, 5.41) is 50.2. The van der Waals surface area contributed by atoms with Gasteiger partial charge in [0.15, 0.2) is 6.10 Å². The lowest BCUT2D eigenvalue weighted by molar-refractivity contribution is -0.220. The predicted octanol–water partition coefficient (Wildman–Crippen LogP) is 10.4. The molecule has 1 rings (SSSR count). The Morgan fingerprint density at radius 2 is 0.851 bits per heavy atom. The van der Waals surface area contributed by atoms with Crippen LogP contribution in [0.2, 0.25) is 0 Å². The number of hydrogen-bond donors (Lipinski definition) is 6. The molecule has 1 aliphatic carbocycles. The van der Waals surface area contributed by atoms with Crippen molar-refractivity contribution in [3.05, 3.63) is 109 Å². The maximum atomic E-state index is 12.8. The van der Waals surface area contributed by atoms with Gasteiger partial charge in [-0.2, -0.15) is 0 Å². The van der Waals surface area contributed by atoms with Crippen molar-refractivity contribution in [2.24, 2.45) is 0 Å². The van der Waals surface area contributed by atoms with Crippen LogP contribution in [0.25, 0.3) is 0 Å². The Bertz CT molecular complexity index is 1580. The van der Waals surface area contributed by atoms with Gasteiger partial charge in [0.05, 0.1) is 6.61 Å². The Kier molecular flexibility index (Phi) is 38.1. The molecule has 380 valence electrons. The third-order valence-corrected chi connectivity index (χ3v) is 11.6. The number of phosphoric ester groups is 1. The summed E-state index contributed by atoms with van der Waals surface area (Å²) in [6.45, 7) is 3.08. The summed E-state index contributed by atoms with van der Waals surface area (Å²) in [4.78, 5) is 35.7. The maximum Gasteiger partial charge on any atom is 0.472 e. The molecule has 0 bridgehead atoms. The molecule has 1 fully saturated rings. The highest BCUT2D eigenvalue weighted by Crippen LogP contribution is 2.47. The Morgan fingerprint density at radius 1 is 0.478 bits per heavy atom. The second-order valence-electron chi connectivity index (χ2n) is 16.6. The Balaban J connectivity index is 2.52. The van der Waals surface area contributed by atoms with Gasteiger partial charge in [0.25, 0.3) is 0 Å². The molecule has 0 amide bonds. The van der Waals surface area contributed by atoms with Crippen molar-refractivity contribution < 1.29 is 63.1 Å². The number of rotatable bonds is 39. The van der Waals surface area contributed by atoms with Gasteiger partial charge in [0, 0.05) is 12.8 Å². The fraction of sp³-hybridized carbons (Fsp3) is 0.623. The molecule has 0 saturated heterocycles. The van der Waals surface area contributed by atoms with Crippen LogP contribution in [0.1, 0.15) is 155 Å². The number of hydrogen-bond acceptors (Lipinski definition) is 12. The first-order valence-electron chi connectivity index (χ1n) is 24.7. The van der Waals surface area contributed by atoms with E-state index in [1.165, 1.54) is 44.9 Å². The van der Waals surface area contributed by atoms with Crippen molar-refractivity contribution in [2.75, 3.05) is 13.2 Å². The molecular formula is C53H85O13P. The maximum absolute atomic E-state index is 12.8. The minimum absolute atomic E-state index is 0.000132. The first-order valence-corrected chi connectivity index (χ1v) is 26.2. The zero-order chi connectivity index (χ0) is 49.2. The van der Waals surface area contributed by atoms with Crippen molar-refractivity contribution in [1.82, 2.24) is 0 Å². The van der Waals surface area contributed by atoms with Gasteiger partial charge in [-0.25, -0.2) is 4.57 Å². The molecule has 1 aliphatic rings. The molecule has 0 spiro atoms. The van der Waals surface area contributed by atoms with Crippen LogP contribution in [0.4, 0.5) is 0 Å². The summed E-state index contributed by atoms with van der Waals surface area (Å²) in [6.07, 6.45) is 44.4. The minimum atomic E-state index is -5.16. The van der Waals surface area contributed by atoms with Crippen molar-refractivity contribution in [2.45, 2.75) is 198 Å². The van der Waals surface area contributed by atoms with E-state index in [-0.39, 0.29) is 12.8 Å². The molecule has 8 atom stereocenters. The Labute approximate surface area is 402 Å². The minimum Gasteiger partial charge on any atom is -0.462 e. The van der Waals surface area contributed by atoms with Gasteiger partial charge < -0.3 is 39.9 Å². The third kappa shape index (κ3) is 33.6. The number of unbranched alkanes of at least 4 members (excludes halogenated alkanes) is 9. The van der Waals surface area contributed by atoms with E-state index < -0.39 is 75.7 Å². The molecule has 0 heterocycles. The van der Waals surface area contributed by atoms with E-state index in [1.54, 1.807) is 0 Å². The number of allylic oxidation sites excluding steroid dienone is 18. The number of ether oxygens (including phenoxy) is 2. The van der Waals surface area contributed by atoms with Gasteiger partial charge in [-0.3, -0.25) is 18.6 Å². The first kappa shape index (κ1) is 61.5. The fourth-order valence-electron chi connectivity index (χ4n) is 6.67. The van der Waals surface area contributed by atoms with Crippen LogP contribution in [-0.4, -0.2) is 98.3 Å². The summed E-state index contributed by atoms with van der Waals surface area (Å²) in [6, 6.07) is 0. The van der Waals surface area contributed by atoms with Gasteiger partial charge in [-0.1, -0.05) is 162 Å². The first-order chi connectivity index (χ1) is 32.4. The van der Waals surface area contributed by atoms with Crippen LogP contribution in [0.3, 0.4) is 0 Å². The SMILES string of the molecule is CC/C=C/C/C=C/C/C=C/C/C=C/C/C=C/CCCC(=O)O[C@@H](COC(=O)CCC/C=C/C/C=C/C/C=C/C/C=C/CCCCCCCCC)COP(=O)(O)OC1C(O)C(O)C(O)[C@H](O)C1O. The highest BCUT2D eigenvalue weighted by molar-refractivity contribution is 7.47. The number of phosphoric acid groups is 1. The molecular weight excluding hydrogens is 876 g/mol. The second kappa shape index (κ2) is 41.5. The van der Waals surface area contributed by atoms with Crippen molar-refractivity contribution in [3.8, 4) is 0 Å². The molecule has 0 aliphatic heterocycles. The van der Waals surface area contributed by atoms with Crippen molar-refractivity contribution >= 4 is 19.8 Å². The largest absolute Gasteiger partial charge is 0.472 e. The normalized spacial score (nSPS) is 22.1. The summed E-state index contributed by atoms with van der Waals surface area (Å²) in [7, 11) is -5.16. The van der Waals surface area contributed by atoms with Crippen molar-refractivity contribution in [1.29, 1.82) is 0 Å². The lowest BCUT2D eigenvalue weighted by Gasteiger charge is -2.41. The summed E-state index contributed by atoms with van der Waals surface area (Å²) in [5.41, 5.74) is 0. The summed E-state index contributed by atoms with van der Waals surface area (Å²) in [5.74, 6) is -1.24. The van der Waals surface area contributed by atoms with Gasteiger partial charge >= 0.3 is 19.8 Å². The van der Waals surface area contributed by atoms with Crippen LogP contribution < -0.4 is 0 Å². The van der Waals surface area contributed by atoms with Gasteiger partial charge in [0.1, 0.15) is 43.2 Å². The highest BCUT2D eigenvalue weighted by atomic mass is 31.2. The summed E-state index contributed by atoms with van der Waals surface area (Å²) < 4.78 is 33.5. The molecule has 13 nitrogen and oxygen atoms in total. The molecule has 0 aromatic carbocycles. The van der Waals surface area contributed by atoms with E-state index in [2.05, 4.69) is 98.9 Å².